The van der Waals surface area contributed by atoms with Crippen LogP contribution in [-0.4, -0.2) is 29.8 Å². The lowest BCUT2D eigenvalue weighted by Crippen LogP contribution is -2.15. The summed E-state index contributed by atoms with van der Waals surface area (Å²) in [5, 5.41) is 9.97. The molecular formula is C17H14BNO5. The van der Waals surface area contributed by atoms with Crippen LogP contribution in [-0.2, 0) is 11.3 Å². The quantitative estimate of drug-likeness (QED) is 0.723. The minimum absolute atomic E-state index is 0.134. The maximum Gasteiger partial charge on any atom is 0.420 e. The van der Waals surface area contributed by atoms with Crippen molar-refractivity contribution in [3.05, 3.63) is 58.1 Å². The van der Waals surface area contributed by atoms with Gasteiger partial charge in [0, 0.05) is 0 Å². The second-order valence-electron chi connectivity index (χ2n) is 5.48. The van der Waals surface area contributed by atoms with Crippen molar-refractivity contribution in [1.29, 1.82) is 0 Å². The molecule has 1 aromatic heterocycles. The molecule has 0 fully saturated rings. The molecule has 0 aliphatic heterocycles. The molecule has 3 rings (SSSR count). The number of hydrogen-bond donors (Lipinski definition) is 1. The number of nitrogens with zero attached hydrogens (tertiary/aromatic N) is 1. The van der Waals surface area contributed by atoms with Gasteiger partial charge in [0.1, 0.15) is 12.3 Å². The number of phenols is 1. The number of aromatic hydroxyl groups is 1. The summed E-state index contributed by atoms with van der Waals surface area (Å²) >= 11 is 0. The first-order valence-corrected chi connectivity index (χ1v) is 7.27. The van der Waals surface area contributed by atoms with Crippen LogP contribution in [0.3, 0.4) is 0 Å². The second kappa shape index (κ2) is 6.27. The Bertz CT molecular complexity index is 973. The Morgan fingerprint density at radius 2 is 2.08 bits per heavy atom. The molecule has 0 amide bonds. The molecule has 0 saturated heterocycles. The first-order valence-electron chi connectivity index (χ1n) is 7.27. The van der Waals surface area contributed by atoms with E-state index in [1.807, 2.05) is 19.1 Å². The Morgan fingerprint density at radius 3 is 2.79 bits per heavy atom. The van der Waals surface area contributed by atoms with Crippen molar-refractivity contribution in [1.82, 2.24) is 4.57 Å². The van der Waals surface area contributed by atoms with Gasteiger partial charge < -0.3 is 19.1 Å². The third-order valence-electron chi connectivity index (χ3n) is 3.56. The summed E-state index contributed by atoms with van der Waals surface area (Å²) in [7, 11) is 5.00. The fourth-order valence-corrected chi connectivity index (χ4v) is 2.44. The second-order valence-corrected chi connectivity index (χ2v) is 5.48. The molecule has 0 spiro atoms. The Morgan fingerprint density at radius 1 is 1.29 bits per heavy atom. The molecule has 3 aromatic rings. The van der Waals surface area contributed by atoms with Crippen LogP contribution < -0.4 is 10.5 Å². The van der Waals surface area contributed by atoms with E-state index in [-0.39, 0.29) is 24.7 Å². The number of aromatic nitrogens is 1. The number of aryl methyl sites for hydroxylation is 1. The molecule has 0 atom stereocenters. The number of carbonyl (C=O) groups is 1. The molecule has 1 heterocycles. The van der Waals surface area contributed by atoms with E-state index in [0.29, 0.717) is 16.7 Å². The van der Waals surface area contributed by atoms with Crippen molar-refractivity contribution in [3.63, 3.8) is 0 Å². The Hall–Kier alpha value is -2.96. The number of ether oxygens (including phenoxy) is 1. The van der Waals surface area contributed by atoms with Crippen LogP contribution in [0.15, 0.2) is 45.6 Å². The number of rotatable bonds is 5. The van der Waals surface area contributed by atoms with Crippen LogP contribution in [0.25, 0.3) is 11.1 Å². The normalized spacial score (nSPS) is 10.9. The van der Waals surface area contributed by atoms with Crippen molar-refractivity contribution in [2.75, 3.05) is 6.61 Å². The van der Waals surface area contributed by atoms with Crippen molar-refractivity contribution in [2.24, 2.45) is 0 Å². The molecule has 7 heteroatoms. The van der Waals surface area contributed by atoms with Gasteiger partial charge in [0.15, 0.2) is 24.9 Å². The lowest BCUT2D eigenvalue weighted by Gasteiger charge is -2.09. The smallest absolute Gasteiger partial charge is 0.420 e. The van der Waals surface area contributed by atoms with Gasteiger partial charge in [0.2, 0.25) is 0 Å². The maximum atomic E-state index is 12.0. The SMILES string of the molecule is [B]C(=O)COc1ccc(Cn2c(=O)oc3ccc(C)cc32)cc1O. The number of fused-ring (bicyclic) bond motifs is 1. The van der Waals surface area contributed by atoms with Crippen molar-refractivity contribution < 1.29 is 19.1 Å². The van der Waals surface area contributed by atoms with Crippen LogP contribution in [0.5, 0.6) is 11.5 Å². The third-order valence-corrected chi connectivity index (χ3v) is 3.56. The Labute approximate surface area is 138 Å². The molecule has 6 nitrogen and oxygen atoms in total. The zero-order chi connectivity index (χ0) is 17.3. The van der Waals surface area contributed by atoms with Gasteiger partial charge in [-0.3, -0.25) is 4.57 Å². The summed E-state index contributed by atoms with van der Waals surface area (Å²) in [6.45, 7) is 1.84. The molecule has 24 heavy (non-hydrogen) atoms. The van der Waals surface area contributed by atoms with Gasteiger partial charge in [-0.2, -0.15) is 0 Å². The summed E-state index contributed by atoms with van der Waals surface area (Å²) in [6, 6.07) is 10.2. The predicted molar refractivity (Wildman–Crippen MR) is 88.7 cm³/mol. The highest BCUT2D eigenvalue weighted by Gasteiger charge is 2.11. The number of phenolic OH excluding ortho intramolecular Hbond substituents is 1. The summed E-state index contributed by atoms with van der Waals surface area (Å²) in [5.74, 6) is -0.451. The molecular weight excluding hydrogens is 309 g/mol. The van der Waals surface area contributed by atoms with Crippen molar-refractivity contribution in [2.45, 2.75) is 13.5 Å². The number of carbonyl (C=O) groups excluding carboxylic acids is 1. The predicted octanol–water partition coefficient (Wildman–Crippen LogP) is 1.73. The third kappa shape index (κ3) is 3.20. The number of hydrogen-bond acceptors (Lipinski definition) is 5. The molecule has 2 aromatic carbocycles. The van der Waals surface area contributed by atoms with Gasteiger partial charge >= 0.3 is 5.76 Å². The lowest BCUT2D eigenvalue weighted by atomic mass is 10.0. The van der Waals surface area contributed by atoms with E-state index in [1.54, 1.807) is 12.1 Å². The van der Waals surface area contributed by atoms with Crippen LogP contribution >= 0.6 is 0 Å². The monoisotopic (exact) mass is 323 g/mol. The van der Waals surface area contributed by atoms with Gasteiger partial charge in [-0.25, -0.2) is 4.79 Å². The average Bonchev–Trinajstić information content (AvgIpc) is 2.82. The van der Waals surface area contributed by atoms with E-state index in [4.69, 9.17) is 17.0 Å². The Kier molecular flexibility index (Phi) is 4.16. The van der Waals surface area contributed by atoms with Gasteiger partial charge in [-0.15, -0.1) is 0 Å². The zero-order valence-corrected chi connectivity index (χ0v) is 13.0. The highest BCUT2D eigenvalue weighted by atomic mass is 16.5. The molecule has 0 bridgehead atoms. The van der Waals surface area contributed by atoms with Crippen molar-refractivity contribution in [3.8, 4) is 11.5 Å². The maximum absolute atomic E-state index is 12.0. The van der Waals surface area contributed by atoms with E-state index in [9.17, 15) is 14.7 Å². The molecule has 0 unspecified atom stereocenters. The highest BCUT2D eigenvalue weighted by Crippen LogP contribution is 2.27. The lowest BCUT2D eigenvalue weighted by molar-refractivity contribution is -0.113. The largest absolute Gasteiger partial charge is 0.504 e. The molecule has 1 N–H and O–H groups in total. The molecule has 0 saturated carbocycles. The standard InChI is InChI=1S/C17H14BNO5/c1-10-2-4-14-12(6-10)19(17(22)24-14)8-11-3-5-15(13(20)7-11)23-9-16(18)21/h2-7,20H,8-9H2,1H3. The van der Waals surface area contributed by atoms with E-state index >= 15 is 0 Å². The van der Waals surface area contributed by atoms with E-state index in [0.717, 1.165) is 5.56 Å². The zero-order valence-electron chi connectivity index (χ0n) is 13.0. The van der Waals surface area contributed by atoms with Gasteiger partial charge in [-0.1, -0.05) is 12.1 Å². The van der Waals surface area contributed by atoms with Gasteiger partial charge in [-0.05, 0) is 42.3 Å². The molecule has 0 aliphatic carbocycles. The van der Waals surface area contributed by atoms with Crippen molar-refractivity contribution >= 4 is 24.6 Å². The first kappa shape index (κ1) is 15.9. The van der Waals surface area contributed by atoms with Gasteiger partial charge in [0.05, 0.1) is 12.1 Å². The fourth-order valence-electron chi connectivity index (χ4n) is 2.44. The van der Waals surface area contributed by atoms with Crippen LogP contribution in [0.1, 0.15) is 11.1 Å². The molecule has 120 valence electrons. The fraction of sp³-hybridized carbons (Fsp3) is 0.176. The number of oxazole rings is 1. The number of benzene rings is 2. The summed E-state index contributed by atoms with van der Waals surface area (Å²) in [5.41, 5.74) is 2.26. The summed E-state index contributed by atoms with van der Waals surface area (Å²) in [4.78, 5) is 22.8. The first-order chi connectivity index (χ1) is 11.4. The summed E-state index contributed by atoms with van der Waals surface area (Å²) in [6.07, 6.45) is 0. The van der Waals surface area contributed by atoms with Crippen LogP contribution in [0.2, 0.25) is 0 Å². The molecule has 0 aliphatic rings. The van der Waals surface area contributed by atoms with Crippen LogP contribution in [0.4, 0.5) is 0 Å². The minimum atomic E-state index is -0.634. The minimum Gasteiger partial charge on any atom is -0.504 e. The average molecular weight is 323 g/mol. The highest BCUT2D eigenvalue weighted by molar-refractivity contribution is 6.58. The topological polar surface area (TPSA) is 81.7 Å². The van der Waals surface area contributed by atoms with Crippen LogP contribution in [0, 0.1) is 6.92 Å². The Balaban J connectivity index is 1.90. The van der Waals surface area contributed by atoms with E-state index in [2.05, 4.69) is 0 Å². The van der Waals surface area contributed by atoms with E-state index < -0.39 is 11.4 Å². The summed E-state index contributed by atoms with van der Waals surface area (Å²) < 4.78 is 11.8. The molecule has 2 radical (unpaired) electrons. The van der Waals surface area contributed by atoms with Gasteiger partial charge in [0.25, 0.3) is 0 Å². The van der Waals surface area contributed by atoms with E-state index in [1.165, 1.54) is 16.7 Å².